The van der Waals surface area contributed by atoms with E-state index in [1.165, 1.54) is 5.56 Å². The number of benzene rings is 1. The third-order valence-electron chi connectivity index (χ3n) is 3.57. The summed E-state index contributed by atoms with van der Waals surface area (Å²) >= 11 is 0. The number of carbonyl (C=O) groups is 1. The molecule has 1 saturated heterocycles. The van der Waals surface area contributed by atoms with Crippen LogP contribution in [-0.2, 0) is 16.1 Å². The molecule has 1 aliphatic heterocycles. The Morgan fingerprint density at radius 3 is 2.89 bits per heavy atom. The van der Waals surface area contributed by atoms with Crippen LogP contribution in [0, 0.1) is 5.92 Å². The molecule has 0 aliphatic carbocycles. The molecule has 4 nitrogen and oxygen atoms in total. The Balaban J connectivity index is 1.64. The van der Waals surface area contributed by atoms with Gasteiger partial charge in [0.1, 0.15) is 0 Å². The zero-order valence-electron chi connectivity index (χ0n) is 11.3. The van der Waals surface area contributed by atoms with E-state index in [1.54, 1.807) is 0 Å². The summed E-state index contributed by atoms with van der Waals surface area (Å²) in [6.45, 7) is 4.04. The van der Waals surface area contributed by atoms with Crippen molar-refractivity contribution in [3.63, 3.8) is 0 Å². The third-order valence-corrected chi connectivity index (χ3v) is 3.57. The molecular formula is C15H22N2O2. The van der Waals surface area contributed by atoms with Crippen LogP contribution < -0.4 is 5.73 Å². The van der Waals surface area contributed by atoms with Gasteiger partial charge in [-0.2, -0.15) is 0 Å². The molecule has 0 bridgehead atoms. The van der Waals surface area contributed by atoms with Crippen LogP contribution in [0.4, 0.5) is 0 Å². The smallest absolute Gasteiger partial charge is 0.221 e. The van der Waals surface area contributed by atoms with Gasteiger partial charge in [-0.15, -0.1) is 0 Å². The van der Waals surface area contributed by atoms with E-state index in [4.69, 9.17) is 10.5 Å². The van der Waals surface area contributed by atoms with Gasteiger partial charge in [0.15, 0.2) is 0 Å². The molecule has 0 saturated carbocycles. The van der Waals surface area contributed by atoms with E-state index in [2.05, 4.69) is 17.0 Å². The van der Waals surface area contributed by atoms with E-state index >= 15 is 0 Å². The van der Waals surface area contributed by atoms with Crippen LogP contribution in [0.15, 0.2) is 30.3 Å². The standard InChI is InChI=1S/C15H22N2O2/c16-15(18)14-7-4-8-17(11-14)9-10-19-12-13-5-2-1-3-6-13/h1-3,5-6,14H,4,7-12H2,(H2,16,18). The van der Waals surface area contributed by atoms with Crippen molar-refractivity contribution >= 4 is 5.91 Å². The topological polar surface area (TPSA) is 55.6 Å². The van der Waals surface area contributed by atoms with Crippen LogP contribution in [0.5, 0.6) is 0 Å². The molecule has 1 heterocycles. The van der Waals surface area contributed by atoms with Crippen LogP contribution >= 0.6 is 0 Å². The minimum absolute atomic E-state index is 0.0165. The van der Waals surface area contributed by atoms with E-state index in [0.717, 1.165) is 32.5 Å². The van der Waals surface area contributed by atoms with Crippen molar-refractivity contribution in [1.82, 2.24) is 4.90 Å². The van der Waals surface area contributed by atoms with E-state index in [1.807, 2.05) is 18.2 Å². The zero-order chi connectivity index (χ0) is 13.5. The van der Waals surface area contributed by atoms with E-state index in [-0.39, 0.29) is 11.8 Å². The molecular weight excluding hydrogens is 240 g/mol. The third kappa shape index (κ3) is 4.65. The summed E-state index contributed by atoms with van der Waals surface area (Å²) in [4.78, 5) is 13.4. The molecule has 0 aromatic heterocycles. The maximum atomic E-state index is 11.2. The molecule has 4 heteroatoms. The largest absolute Gasteiger partial charge is 0.375 e. The monoisotopic (exact) mass is 262 g/mol. The number of primary amides is 1. The fourth-order valence-electron chi connectivity index (χ4n) is 2.45. The second-order valence-corrected chi connectivity index (χ2v) is 5.08. The fraction of sp³-hybridized carbons (Fsp3) is 0.533. The summed E-state index contributed by atoms with van der Waals surface area (Å²) in [5, 5.41) is 0. The first-order chi connectivity index (χ1) is 9.25. The molecule has 1 aromatic rings. The predicted molar refractivity (Wildman–Crippen MR) is 74.5 cm³/mol. The maximum absolute atomic E-state index is 11.2. The highest BCUT2D eigenvalue weighted by Gasteiger charge is 2.23. The number of nitrogens with two attached hydrogens (primary N) is 1. The number of piperidine rings is 1. The second-order valence-electron chi connectivity index (χ2n) is 5.08. The number of nitrogens with zero attached hydrogens (tertiary/aromatic N) is 1. The Labute approximate surface area is 114 Å². The number of carbonyl (C=O) groups excluding carboxylic acids is 1. The molecule has 1 fully saturated rings. The summed E-state index contributed by atoms with van der Waals surface area (Å²) in [5.74, 6) is -0.155. The van der Waals surface area contributed by atoms with E-state index < -0.39 is 0 Å². The van der Waals surface area contributed by atoms with Gasteiger partial charge in [0, 0.05) is 13.1 Å². The number of amides is 1. The summed E-state index contributed by atoms with van der Waals surface area (Å²) in [6, 6.07) is 10.1. The Kier molecular flexibility index (Phi) is 5.36. The highest BCUT2D eigenvalue weighted by atomic mass is 16.5. The van der Waals surface area contributed by atoms with Crippen molar-refractivity contribution in [3.8, 4) is 0 Å². The van der Waals surface area contributed by atoms with Crippen molar-refractivity contribution in [3.05, 3.63) is 35.9 Å². The van der Waals surface area contributed by atoms with Gasteiger partial charge in [-0.3, -0.25) is 4.79 Å². The molecule has 1 unspecified atom stereocenters. The quantitative estimate of drug-likeness (QED) is 0.788. The highest BCUT2D eigenvalue weighted by molar-refractivity contribution is 5.76. The zero-order valence-corrected chi connectivity index (χ0v) is 11.3. The van der Waals surface area contributed by atoms with E-state index in [0.29, 0.717) is 13.2 Å². The molecule has 1 atom stereocenters. The highest BCUT2D eigenvalue weighted by Crippen LogP contribution is 2.15. The average Bonchev–Trinajstić information content (AvgIpc) is 2.45. The first kappa shape index (κ1) is 14.0. The molecule has 104 valence electrons. The van der Waals surface area contributed by atoms with Gasteiger partial charge < -0.3 is 15.4 Å². The van der Waals surface area contributed by atoms with Crippen LogP contribution in [0.3, 0.4) is 0 Å². The maximum Gasteiger partial charge on any atom is 0.221 e. The van der Waals surface area contributed by atoms with Gasteiger partial charge in [-0.05, 0) is 24.9 Å². The normalized spacial score (nSPS) is 20.3. The Morgan fingerprint density at radius 2 is 2.16 bits per heavy atom. The number of rotatable bonds is 6. The lowest BCUT2D eigenvalue weighted by Gasteiger charge is -2.30. The van der Waals surface area contributed by atoms with Crippen molar-refractivity contribution in [2.45, 2.75) is 19.4 Å². The molecule has 1 aromatic carbocycles. The molecule has 2 N–H and O–H groups in total. The van der Waals surface area contributed by atoms with Crippen LogP contribution in [-0.4, -0.2) is 37.0 Å². The molecule has 2 rings (SSSR count). The van der Waals surface area contributed by atoms with Gasteiger partial charge in [-0.25, -0.2) is 0 Å². The number of hydrogen-bond acceptors (Lipinski definition) is 3. The molecule has 0 spiro atoms. The lowest BCUT2D eigenvalue weighted by Crippen LogP contribution is -2.42. The van der Waals surface area contributed by atoms with Crippen molar-refractivity contribution in [1.29, 1.82) is 0 Å². The summed E-state index contributed by atoms with van der Waals surface area (Å²) in [6.07, 6.45) is 1.98. The lowest BCUT2D eigenvalue weighted by atomic mass is 9.98. The number of likely N-dealkylation sites (tertiary alicyclic amines) is 1. The lowest BCUT2D eigenvalue weighted by molar-refractivity contribution is -0.123. The van der Waals surface area contributed by atoms with Crippen LogP contribution in [0.25, 0.3) is 0 Å². The van der Waals surface area contributed by atoms with Crippen LogP contribution in [0.2, 0.25) is 0 Å². The average molecular weight is 262 g/mol. The second kappa shape index (κ2) is 7.26. The SMILES string of the molecule is NC(=O)C1CCCN(CCOCc2ccccc2)C1. The molecule has 1 aliphatic rings. The van der Waals surface area contributed by atoms with Gasteiger partial charge in [-0.1, -0.05) is 30.3 Å². The van der Waals surface area contributed by atoms with Gasteiger partial charge in [0.2, 0.25) is 5.91 Å². The van der Waals surface area contributed by atoms with Gasteiger partial charge in [0.25, 0.3) is 0 Å². The summed E-state index contributed by atoms with van der Waals surface area (Å²) < 4.78 is 5.66. The number of hydrogen-bond donors (Lipinski definition) is 1. The predicted octanol–water partition coefficient (Wildman–Crippen LogP) is 1.40. The van der Waals surface area contributed by atoms with E-state index in [9.17, 15) is 4.79 Å². The first-order valence-corrected chi connectivity index (χ1v) is 6.89. The van der Waals surface area contributed by atoms with Gasteiger partial charge >= 0.3 is 0 Å². The van der Waals surface area contributed by atoms with Gasteiger partial charge in [0.05, 0.1) is 19.1 Å². The summed E-state index contributed by atoms with van der Waals surface area (Å²) in [5.41, 5.74) is 6.55. The minimum Gasteiger partial charge on any atom is -0.375 e. The molecule has 19 heavy (non-hydrogen) atoms. The van der Waals surface area contributed by atoms with Crippen molar-refractivity contribution in [2.24, 2.45) is 11.7 Å². The fourth-order valence-corrected chi connectivity index (χ4v) is 2.45. The Hall–Kier alpha value is -1.39. The summed E-state index contributed by atoms with van der Waals surface area (Å²) in [7, 11) is 0. The number of ether oxygens (including phenoxy) is 1. The van der Waals surface area contributed by atoms with Crippen molar-refractivity contribution in [2.75, 3.05) is 26.2 Å². The first-order valence-electron chi connectivity index (χ1n) is 6.89. The van der Waals surface area contributed by atoms with Crippen molar-refractivity contribution < 1.29 is 9.53 Å². The molecule has 0 radical (unpaired) electrons. The Bertz CT molecular complexity index is 394. The van der Waals surface area contributed by atoms with Crippen LogP contribution in [0.1, 0.15) is 18.4 Å². The molecule has 1 amide bonds. The minimum atomic E-state index is -0.171. The Morgan fingerprint density at radius 1 is 1.37 bits per heavy atom.